The molecule has 1 aliphatic rings. The molecular weight excluding hydrogens is 342 g/mol. The van der Waals surface area contributed by atoms with Gasteiger partial charge in [0.15, 0.2) is 0 Å². The highest BCUT2D eigenvalue weighted by atomic mass is 16.5. The van der Waals surface area contributed by atoms with E-state index in [9.17, 15) is 4.79 Å². The first-order chi connectivity index (χ1) is 13.2. The molecule has 0 aromatic heterocycles. The molecule has 0 unspecified atom stereocenters. The second kappa shape index (κ2) is 9.94. The highest BCUT2D eigenvalue weighted by molar-refractivity contribution is 5.78. The number of para-hydroxylation sites is 1. The molecule has 0 saturated carbocycles. The van der Waals surface area contributed by atoms with Gasteiger partial charge in [-0.05, 0) is 23.8 Å². The van der Waals surface area contributed by atoms with E-state index in [4.69, 9.17) is 15.2 Å². The summed E-state index contributed by atoms with van der Waals surface area (Å²) in [6, 6.07) is 15.2. The standard InChI is InChI=1S/C21H27N3O3/c22-19-7-5-17(6-8-19)15-21(25)23-16-18-3-1-2-4-20(18)27-14-11-24-9-12-26-13-10-24/h1-8H,9-16,22H2,(H,23,25). The zero-order valence-corrected chi connectivity index (χ0v) is 15.5. The molecule has 0 bridgehead atoms. The number of amides is 1. The number of nitrogens with zero attached hydrogens (tertiary/aromatic N) is 1. The van der Waals surface area contributed by atoms with Crippen molar-refractivity contribution in [3.05, 3.63) is 59.7 Å². The minimum atomic E-state index is -0.0251. The van der Waals surface area contributed by atoms with Gasteiger partial charge in [-0.3, -0.25) is 9.69 Å². The summed E-state index contributed by atoms with van der Waals surface area (Å²) in [4.78, 5) is 14.5. The Morgan fingerprint density at radius 2 is 1.85 bits per heavy atom. The maximum atomic E-state index is 12.2. The highest BCUT2D eigenvalue weighted by Gasteiger charge is 2.11. The second-order valence-electron chi connectivity index (χ2n) is 6.61. The van der Waals surface area contributed by atoms with Gasteiger partial charge in [-0.25, -0.2) is 0 Å². The molecule has 6 heteroatoms. The van der Waals surface area contributed by atoms with E-state index in [1.54, 1.807) is 12.1 Å². The van der Waals surface area contributed by atoms with Crippen LogP contribution in [-0.2, 0) is 22.5 Å². The largest absolute Gasteiger partial charge is 0.492 e. The van der Waals surface area contributed by atoms with E-state index in [1.165, 1.54) is 0 Å². The van der Waals surface area contributed by atoms with Crippen LogP contribution in [-0.4, -0.2) is 50.3 Å². The molecule has 1 heterocycles. The number of nitrogen functional groups attached to an aromatic ring is 1. The van der Waals surface area contributed by atoms with Crippen molar-refractivity contribution in [2.75, 3.05) is 45.2 Å². The van der Waals surface area contributed by atoms with Crippen molar-refractivity contribution in [1.82, 2.24) is 10.2 Å². The summed E-state index contributed by atoms with van der Waals surface area (Å²) >= 11 is 0. The summed E-state index contributed by atoms with van der Waals surface area (Å²) in [6.45, 7) is 5.42. The van der Waals surface area contributed by atoms with Crippen LogP contribution in [0.25, 0.3) is 0 Å². The van der Waals surface area contributed by atoms with Crippen LogP contribution in [0.1, 0.15) is 11.1 Å². The smallest absolute Gasteiger partial charge is 0.224 e. The van der Waals surface area contributed by atoms with E-state index in [0.717, 1.165) is 49.7 Å². The number of rotatable bonds is 8. The van der Waals surface area contributed by atoms with Crippen molar-refractivity contribution >= 4 is 11.6 Å². The maximum Gasteiger partial charge on any atom is 0.224 e. The van der Waals surface area contributed by atoms with Gasteiger partial charge in [0.2, 0.25) is 5.91 Å². The Bertz CT molecular complexity index is 728. The maximum absolute atomic E-state index is 12.2. The quantitative estimate of drug-likeness (QED) is 0.695. The Kier molecular flexibility index (Phi) is 7.07. The first-order valence-corrected chi connectivity index (χ1v) is 9.32. The van der Waals surface area contributed by atoms with Gasteiger partial charge in [-0.15, -0.1) is 0 Å². The van der Waals surface area contributed by atoms with Crippen LogP contribution in [0.15, 0.2) is 48.5 Å². The second-order valence-corrected chi connectivity index (χ2v) is 6.61. The molecule has 6 nitrogen and oxygen atoms in total. The van der Waals surface area contributed by atoms with E-state index in [2.05, 4.69) is 10.2 Å². The van der Waals surface area contributed by atoms with E-state index < -0.39 is 0 Å². The Labute approximate surface area is 160 Å². The number of hydrogen-bond acceptors (Lipinski definition) is 5. The fourth-order valence-corrected chi connectivity index (χ4v) is 2.98. The van der Waals surface area contributed by atoms with Crippen molar-refractivity contribution in [1.29, 1.82) is 0 Å². The number of morpholine rings is 1. The number of nitrogens with one attached hydrogen (secondary N) is 1. The molecule has 0 aliphatic carbocycles. The number of nitrogens with two attached hydrogens (primary N) is 1. The summed E-state index contributed by atoms with van der Waals surface area (Å²) in [5.74, 6) is 0.793. The van der Waals surface area contributed by atoms with Crippen molar-refractivity contribution in [2.45, 2.75) is 13.0 Å². The van der Waals surface area contributed by atoms with E-state index in [1.807, 2.05) is 36.4 Å². The summed E-state index contributed by atoms with van der Waals surface area (Å²) in [5.41, 5.74) is 8.29. The Morgan fingerprint density at radius 1 is 1.11 bits per heavy atom. The molecule has 1 amide bonds. The Hall–Kier alpha value is -2.57. The number of carbonyl (C=O) groups excluding carboxylic acids is 1. The van der Waals surface area contributed by atoms with Crippen LogP contribution in [0.4, 0.5) is 5.69 Å². The predicted molar refractivity (Wildman–Crippen MR) is 106 cm³/mol. The van der Waals surface area contributed by atoms with Crippen molar-refractivity contribution in [2.24, 2.45) is 0 Å². The molecule has 0 spiro atoms. The van der Waals surface area contributed by atoms with Crippen molar-refractivity contribution in [3.8, 4) is 5.75 Å². The molecule has 1 saturated heterocycles. The summed E-state index contributed by atoms with van der Waals surface area (Å²) in [6.07, 6.45) is 0.334. The number of carbonyl (C=O) groups is 1. The van der Waals surface area contributed by atoms with Gasteiger partial charge < -0.3 is 20.5 Å². The first-order valence-electron chi connectivity index (χ1n) is 9.32. The van der Waals surface area contributed by atoms with Crippen molar-refractivity contribution in [3.63, 3.8) is 0 Å². The zero-order valence-electron chi connectivity index (χ0n) is 15.5. The average molecular weight is 369 g/mol. The summed E-state index contributed by atoms with van der Waals surface area (Å²) in [7, 11) is 0. The van der Waals surface area contributed by atoms with Gasteiger partial charge in [0.1, 0.15) is 12.4 Å². The summed E-state index contributed by atoms with van der Waals surface area (Å²) < 4.78 is 11.3. The van der Waals surface area contributed by atoms with Crippen LogP contribution in [0.5, 0.6) is 5.75 Å². The van der Waals surface area contributed by atoms with E-state index in [-0.39, 0.29) is 5.91 Å². The number of hydrogen-bond donors (Lipinski definition) is 2. The normalized spacial score (nSPS) is 14.7. The predicted octanol–water partition coefficient (Wildman–Crippen LogP) is 1.84. The third kappa shape index (κ3) is 6.27. The lowest BCUT2D eigenvalue weighted by atomic mass is 10.1. The van der Waals surface area contributed by atoms with E-state index in [0.29, 0.717) is 25.3 Å². The van der Waals surface area contributed by atoms with E-state index >= 15 is 0 Å². The SMILES string of the molecule is Nc1ccc(CC(=O)NCc2ccccc2OCCN2CCOCC2)cc1. The Balaban J connectivity index is 1.46. The lowest BCUT2D eigenvalue weighted by Crippen LogP contribution is -2.38. The van der Waals surface area contributed by atoms with Crippen LogP contribution in [0.2, 0.25) is 0 Å². The fourth-order valence-electron chi connectivity index (χ4n) is 2.98. The minimum absolute atomic E-state index is 0.0251. The lowest BCUT2D eigenvalue weighted by Gasteiger charge is -2.26. The number of anilines is 1. The third-order valence-electron chi connectivity index (χ3n) is 4.56. The summed E-state index contributed by atoms with van der Waals surface area (Å²) in [5, 5.41) is 2.97. The minimum Gasteiger partial charge on any atom is -0.492 e. The van der Waals surface area contributed by atoms with Crippen LogP contribution in [0.3, 0.4) is 0 Å². The fraction of sp³-hybridized carbons (Fsp3) is 0.381. The van der Waals surface area contributed by atoms with Gasteiger partial charge >= 0.3 is 0 Å². The highest BCUT2D eigenvalue weighted by Crippen LogP contribution is 2.18. The monoisotopic (exact) mass is 369 g/mol. The number of benzene rings is 2. The molecular formula is C21H27N3O3. The van der Waals surface area contributed by atoms with Crippen LogP contribution < -0.4 is 15.8 Å². The molecule has 27 heavy (non-hydrogen) atoms. The molecule has 3 N–H and O–H groups in total. The van der Waals surface area contributed by atoms with Crippen LogP contribution >= 0.6 is 0 Å². The molecule has 1 fully saturated rings. The third-order valence-corrected chi connectivity index (χ3v) is 4.56. The molecule has 2 aromatic carbocycles. The van der Waals surface area contributed by atoms with Crippen molar-refractivity contribution < 1.29 is 14.3 Å². The molecule has 1 aliphatic heterocycles. The first kappa shape index (κ1) is 19.2. The molecule has 0 atom stereocenters. The molecule has 144 valence electrons. The molecule has 2 aromatic rings. The van der Waals surface area contributed by atoms with Gasteiger partial charge in [0.25, 0.3) is 0 Å². The zero-order chi connectivity index (χ0) is 18.9. The van der Waals surface area contributed by atoms with Gasteiger partial charge in [0.05, 0.1) is 19.6 Å². The number of ether oxygens (including phenoxy) is 2. The van der Waals surface area contributed by atoms with Crippen LogP contribution in [0, 0.1) is 0 Å². The lowest BCUT2D eigenvalue weighted by molar-refractivity contribution is -0.120. The van der Waals surface area contributed by atoms with Gasteiger partial charge in [-0.2, -0.15) is 0 Å². The molecule has 3 rings (SSSR count). The molecule has 0 radical (unpaired) electrons. The average Bonchev–Trinajstić information content (AvgIpc) is 2.70. The van der Waals surface area contributed by atoms with Gasteiger partial charge in [-0.1, -0.05) is 30.3 Å². The van der Waals surface area contributed by atoms with Gasteiger partial charge in [0, 0.05) is 37.4 Å². The topological polar surface area (TPSA) is 76.8 Å². The Morgan fingerprint density at radius 3 is 2.63 bits per heavy atom.